The molecule has 0 saturated carbocycles. The van der Waals surface area contributed by atoms with Crippen LogP contribution < -0.4 is 14.4 Å². The Bertz CT molecular complexity index is 939. The van der Waals surface area contributed by atoms with Gasteiger partial charge < -0.3 is 10.1 Å². The number of rotatable bonds is 7. The molecule has 0 fully saturated rings. The van der Waals surface area contributed by atoms with Crippen LogP contribution in [0.3, 0.4) is 0 Å². The van der Waals surface area contributed by atoms with Crippen molar-refractivity contribution in [3.8, 4) is 5.75 Å². The number of hydrogen-bond acceptors (Lipinski definition) is 4. The molecule has 0 aromatic heterocycles. The first-order chi connectivity index (χ1) is 13.0. The Morgan fingerprint density at radius 1 is 1.07 bits per heavy atom. The van der Waals surface area contributed by atoms with E-state index in [9.17, 15) is 13.2 Å². The molecule has 0 heterocycles. The standard InChI is InChI=1S/C21H28N2O4S/c1-14-7-12-20(15(2)13-14)16(3)22-21(24)17(4)27-19-10-8-18(9-11-19)23(5)28(6,25)26/h7-13,16-17H,1-6H3,(H,22,24)/t16-,17+/m0/s1. The highest BCUT2D eigenvalue weighted by atomic mass is 32.2. The van der Waals surface area contributed by atoms with E-state index in [0.29, 0.717) is 11.4 Å². The summed E-state index contributed by atoms with van der Waals surface area (Å²) in [6.45, 7) is 7.69. The maximum atomic E-state index is 12.5. The van der Waals surface area contributed by atoms with Crippen molar-refractivity contribution in [1.29, 1.82) is 0 Å². The molecule has 0 aliphatic heterocycles. The minimum atomic E-state index is -3.32. The SMILES string of the molecule is Cc1ccc([C@H](C)NC(=O)[C@@H](C)Oc2ccc(N(C)S(C)(=O)=O)cc2)c(C)c1. The first kappa shape index (κ1) is 21.8. The summed E-state index contributed by atoms with van der Waals surface area (Å²) in [5, 5.41) is 2.97. The summed E-state index contributed by atoms with van der Waals surface area (Å²) in [5.74, 6) is 0.275. The van der Waals surface area contributed by atoms with Crippen LogP contribution >= 0.6 is 0 Å². The monoisotopic (exact) mass is 404 g/mol. The van der Waals surface area contributed by atoms with Crippen LogP contribution in [-0.4, -0.2) is 33.7 Å². The summed E-state index contributed by atoms with van der Waals surface area (Å²) < 4.78 is 30.1. The number of aryl methyl sites for hydroxylation is 2. The highest BCUT2D eigenvalue weighted by molar-refractivity contribution is 7.92. The van der Waals surface area contributed by atoms with E-state index in [1.165, 1.54) is 16.9 Å². The van der Waals surface area contributed by atoms with Crippen LogP contribution in [-0.2, 0) is 14.8 Å². The number of anilines is 1. The van der Waals surface area contributed by atoms with Crippen LogP contribution in [0.4, 0.5) is 5.69 Å². The molecule has 0 unspecified atom stereocenters. The molecule has 0 spiro atoms. The van der Waals surface area contributed by atoms with Crippen LogP contribution in [0.25, 0.3) is 0 Å². The maximum absolute atomic E-state index is 12.5. The largest absolute Gasteiger partial charge is 0.481 e. The lowest BCUT2D eigenvalue weighted by Crippen LogP contribution is -2.38. The summed E-state index contributed by atoms with van der Waals surface area (Å²) in [6, 6.07) is 12.6. The van der Waals surface area contributed by atoms with E-state index in [0.717, 1.165) is 17.4 Å². The van der Waals surface area contributed by atoms with Gasteiger partial charge in [0, 0.05) is 7.05 Å². The van der Waals surface area contributed by atoms with Gasteiger partial charge in [0.2, 0.25) is 10.0 Å². The molecule has 152 valence electrons. The van der Waals surface area contributed by atoms with Gasteiger partial charge in [0.25, 0.3) is 5.91 Å². The van der Waals surface area contributed by atoms with Gasteiger partial charge in [-0.25, -0.2) is 8.42 Å². The van der Waals surface area contributed by atoms with E-state index in [4.69, 9.17) is 4.74 Å². The number of benzene rings is 2. The smallest absolute Gasteiger partial charge is 0.261 e. The summed E-state index contributed by atoms with van der Waals surface area (Å²) >= 11 is 0. The average Bonchev–Trinajstić information content (AvgIpc) is 2.60. The fourth-order valence-electron chi connectivity index (χ4n) is 2.90. The van der Waals surface area contributed by atoms with E-state index < -0.39 is 16.1 Å². The van der Waals surface area contributed by atoms with Gasteiger partial charge in [-0.15, -0.1) is 0 Å². The van der Waals surface area contributed by atoms with Crippen molar-refractivity contribution >= 4 is 21.6 Å². The Morgan fingerprint density at radius 2 is 1.68 bits per heavy atom. The molecule has 0 bridgehead atoms. The minimum absolute atomic E-state index is 0.134. The second kappa shape index (κ2) is 8.65. The maximum Gasteiger partial charge on any atom is 0.261 e. The Morgan fingerprint density at radius 3 is 2.21 bits per heavy atom. The summed E-state index contributed by atoms with van der Waals surface area (Å²) in [4.78, 5) is 12.5. The molecule has 1 amide bonds. The number of ether oxygens (including phenoxy) is 1. The predicted molar refractivity (Wildman–Crippen MR) is 112 cm³/mol. The van der Waals surface area contributed by atoms with E-state index in [1.807, 2.05) is 32.9 Å². The number of hydrogen-bond donors (Lipinski definition) is 1. The lowest BCUT2D eigenvalue weighted by molar-refractivity contribution is -0.127. The van der Waals surface area contributed by atoms with Gasteiger partial charge in [0.1, 0.15) is 5.75 Å². The molecular weight excluding hydrogens is 376 g/mol. The Labute approximate surface area is 167 Å². The molecule has 2 aromatic carbocycles. The fourth-order valence-corrected chi connectivity index (χ4v) is 3.41. The molecule has 2 atom stereocenters. The van der Waals surface area contributed by atoms with Crippen molar-refractivity contribution in [2.75, 3.05) is 17.6 Å². The van der Waals surface area contributed by atoms with Crippen LogP contribution in [0, 0.1) is 13.8 Å². The first-order valence-corrected chi connectivity index (χ1v) is 10.9. The highest BCUT2D eigenvalue weighted by Gasteiger charge is 2.19. The molecule has 2 aromatic rings. The molecule has 28 heavy (non-hydrogen) atoms. The third-order valence-electron chi connectivity index (χ3n) is 4.63. The topological polar surface area (TPSA) is 75.7 Å². The zero-order valence-corrected chi connectivity index (χ0v) is 18.0. The summed E-state index contributed by atoms with van der Waals surface area (Å²) in [5.41, 5.74) is 3.91. The second-order valence-electron chi connectivity index (χ2n) is 7.07. The molecule has 7 heteroatoms. The van der Waals surface area contributed by atoms with Crippen LogP contribution in [0.2, 0.25) is 0 Å². The number of carbonyl (C=O) groups excluding carboxylic acids is 1. The highest BCUT2D eigenvalue weighted by Crippen LogP contribution is 2.22. The van der Waals surface area contributed by atoms with Crippen molar-refractivity contribution in [1.82, 2.24) is 5.32 Å². The zero-order valence-electron chi connectivity index (χ0n) is 17.2. The van der Waals surface area contributed by atoms with Gasteiger partial charge in [-0.1, -0.05) is 23.8 Å². The van der Waals surface area contributed by atoms with E-state index in [-0.39, 0.29) is 11.9 Å². The van der Waals surface area contributed by atoms with E-state index >= 15 is 0 Å². The van der Waals surface area contributed by atoms with Crippen LogP contribution in [0.5, 0.6) is 5.75 Å². The summed E-state index contributed by atoms with van der Waals surface area (Å²) in [7, 11) is -1.84. The van der Waals surface area contributed by atoms with Gasteiger partial charge in [-0.3, -0.25) is 9.10 Å². The zero-order chi connectivity index (χ0) is 21.1. The number of sulfonamides is 1. The molecule has 0 aliphatic rings. The van der Waals surface area contributed by atoms with Crippen LogP contribution in [0.15, 0.2) is 42.5 Å². The van der Waals surface area contributed by atoms with Crippen molar-refractivity contribution in [3.63, 3.8) is 0 Å². The van der Waals surface area contributed by atoms with E-state index in [2.05, 4.69) is 11.4 Å². The van der Waals surface area contributed by atoms with Gasteiger partial charge >= 0.3 is 0 Å². The van der Waals surface area contributed by atoms with E-state index in [1.54, 1.807) is 31.2 Å². The second-order valence-corrected chi connectivity index (χ2v) is 9.09. The van der Waals surface area contributed by atoms with Crippen molar-refractivity contribution < 1.29 is 17.9 Å². The van der Waals surface area contributed by atoms with Crippen molar-refractivity contribution in [2.45, 2.75) is 39.8 Å². The molecule has 0 aliphatic carbocycles. The van der Waals surface area contributed by atoms with Gasteiger partial charge in [-0.05, 0) is 63.1 Å². The van der Waals surface area contributed by atoms with Crippen LogP contribution in [0.1, 0.15) is 36.6 Å². The number of carbonyl (C=O) groups is 1. The molecule has 1 N–H and O–H groups in total. The van der Waals surface area contributed by atoms with Crippen molar-refractivity contribution in [2.24, 2.45) is 0 Å². The van der Waals surface area contributed by atoms with Crippen molar-refractivity contribution in [3.05, 3.63) is 59.2 Å². The van der Waals surface area contributed by atoms with Gasteiger partial charge in [0.05, 0.1) is 18.0 Å². The molecule has 2 rings (SSSR count). The Balaban J connectivity index is 2.00. The quantitative estimate of drug-likeness (QED) is 0.768. The third kappa shape index (κ3) is 5.48. The number of amides is 1. The average molecular weight is 405 g/mol. The normalized spacial score (nSPS) is 13.5. The third-order valence-corrected chi connectivity index (χ3v) is 5.84. The molecule has 0 radical (unpaired) electrons. The van der Waals surface area contributed by atoms with Gasteiger partial charge in [0.15, 0.2) is 6.10 Å². The molecule has 0 saturated heterocycles. The fraction of sp³-hybridized carbons (Fsp3) is 0.381. The number of nitrogens with one attached hydrogen (secondary N) is 1. The lowest BCUT2D eigenvalue weighted by Gasteiger charge is -2.21. The number of nitrogens with zero attached hydrogens (tertiary/aromatic N) is 1. The molecular formula is C21H28N2O4S. The Hall–Kier alpha value is -2.54. The minimum Gasteiger partial charge on any atom is -0.481 e. The van der Waals surface area contributed by atoms with Gasteiger partial charge in [-0.2, -0.15) is 0 Å². The Kier molecular flexibility index (Phi) is 6.72. The lowest BCUT2D eigenvalue weighted by atomic mass is 10.0. The molecule has 6 nitrogen and oxygen atoms in total. The predicted octanol–water partition coefficient (Wildman–Crippen LogP) is 3.34. The first-order valence-electron chi connectivity index (χ1n) is 9.07. The summed E-state index contributed by atoms with van der Waals surface area (Å²) in [6.07, 6.45) is 0.451.